The molecule has 1 aliphatic heterocycles. The number of benzene rings is 4. The number of aromatic nitrogens is 1. The third-order valence-electron chi connectivity index (χ3n) is 7.43. The van der Waals surface area contributed by atoms with Gasteiger partial charge in [-0.2, -0.15) is 0 Å². The van der Waals surface area contributed by atoms with E-state index in [0.717, 1.165) is 22.3 Å². The number of nitrogens with zero attached hydrogens (tertiary/aromatic N) is 2. The molecule has 1 aliphatic rings. The van der Waals surface area contributed by atoms with Gasteiger partial charge in [-0.25, -0.2) is 9.79 Å². The zero-order valence-electron chi connectivity index (χ0n) is 25.6. The van der Waals surface area contributed by atoms with Crippen LogP contribution in [-0.2, 0) is 16.1 Å². The van der Waals surface area contributed by atoms with Crippen molar-refractivity contribution >= 4 is 52.3 Å². The molecule has 0 saturated heterocycles. The van der Waals surface area contributed by atoms with Crippen molar-refractivity contribution in [3.8, 4) is 11.5 Å². The van der Waals surface area contributed by atoms with Gasteiger partial charge in [0.25, 0.3) is 5.56 Å². The molecule has 1 aromatic heterocycles. The first kappa shape index (κ1) is 32.3. The summed E-state index contributed by atoms with van der Waals surface area (Å²) < 4.78 is 19.6. The average Bonchev–Trinajstić information content (AvgIpc) is 3.40. The van der Waals surface area contributed by atoms with Crippen molar-refractivity contribution in [3.63, 3.8) is 0 Å². The van der Waals surface area contributed by atoms with Gasteiger partial charge in [0.05, 0.1) is 45.1 Å². The Balaban J connectivity index is 1.45. The van der Waals surface area contributed by atoms with Gasteiger partial charge in [-0.3, -0.25) is 9.36 Å². The van der Waals surface area contributed by atoms with Gasteiger partial charge in [-0.15, -0.1) is 0 Å². The zero-order valence-corrected chi connectivity index (χ0v) is 27.9. The predicted octanol–water partition coefficient (Wildman–Crippen LogP) is 7.22. The van der Waals surface area contributed by atoms with E-state index in [9.17, 15) is 9.59 Å². The van der Waals surface area contributed by atoms with Crippen LogP contribution in [0, 0.1) is 0 Å². The second-order valence-corrected chi connectivity index (χ2v) is 12.3. The molecule has 0 spiro atoms. The first-order chi connectivity index (χ1) is 22.9. The lowest BCUT2D eigenvalue weighted by Crippen LogP contribution is -2.39. The average molecular weight is 686 g/mol. The molecule has 0 aliphatic carbocycles. The Morgan fingerprint density at radius 2 is 1.62 bits per heavy atom. The van der Waals surface area contributed by atoms with E-state index < -0.39 is 12.0 Å². The highest BCUT2D eigenvalue weighted by molar-refractivity contribution is 7.07. The molecule has 1 atom stereocenters. The van der Waals surface area contributed by atoms with Crippen LogP contribution in [0.1, 0.15) is 42.1 Å². The Bertz CT molecular complexity index is 2140. The van der Waals surface area contributed by atoms with E-state index in [4.69, 9.17) is 42.4 Å². The van der Waals surface area contributed by atoms with Crippen molar-refractivity contribution in [2.45, 2.75) is 26.5 Å². The Morgan fingerprint density at radius 3 is 2.32 bits per heavy atom. The molecule has 0 saturated carbocycles. The molecule has 7 nitrogen and oxygen atoms in total. The van der Waals surface area contributed by atoms with E-state index in [1.807, 2.05) is 91.9 Å². The van der Waals surface area contributed by atoms with Crippen LogP contribution in [0.25, 0.3) is 11.8 Å². The molecule has 4 aromatic carbocycles. The molecule has 10 heteroatoms. The van der Waals surface area contributed by atoms with E-state index in [0.29, 0.717) is 48.8 Å². The molecule has 0 bridgehead atoms. The van der Waals surface area contributed by atoms with Crippen LogP contribution in [0.5, 0.6) is 11.5 Å². The molecule has 0 fully saturated rings. The summed E-state index contributed by atoms with van der Waals surface area (Å²) >= 11 is 13.5. The van der Waals surface area contributed by atoms with Crippen LogP contribution in [0.4, 0.5) is 0 Å². The molecule has 0 N–H and O–H groups in total. The SMILES string of the molecule is CCOC(=O)C1=C(c2ccccc2)N=c2s/c(=C\c3ccc(OCc4ccc(Cl)c(Cl)c4)c(OCC)c3)c(=O)n2[C@@H]1c1ccccc1. The summed E-state index contributed by atoms with van der Waals surface area (Å²) in [6.07, 6.45) is 1.80. The third-order valence-corrected chi connectivity index (χ3v) is 9.15. The van der Waals surface area contributed by atoms with E-state index in [-0.39, 0.29) is 18.8 Å². The fourth-order valence-corrected chi connectivity index (χ4v) is 6.66. The second kappa shape index (κ2) is 14.4. The van der Waals surface area contributed by atoms with Gasteiger partial charge in [-0.05, 0) is 60.9 Å². The van der Waals surface area contributed by atoms with Crippen molar-refractivity contribution < 1.29 is 19.0 Å². The number of carbonyl (C=O) groups excluding carboxylic acids is 1. The normalized spacial score (nSPS) is 14.4. The maximum Gasteiger partial charge on any atom is 0.338 e. The molecule has 0 radical (unpaired) electrons. The van der Waals surface area contributed by atoms with E-state index in [1.165, 1.54) is 11.3 Å². The predicted molar refractivity (Wildman–Crippen MR) is 186 cm³/mol. The van der Waals surface area contributed by atoms with E-state index in [2.05, 4.69) is 0 Å². The highest BCUT2D eigenvalue weighted by atomic mass is 35.5. The molecular formula is C37H30Cl2N2O5S. The Morgan fingerprint density at radius 1 is 0.872 bits per heavy atom. The van der Waals surface area contributed by atoms with E-state index >= 15 is 0 Å². The lowest BCUT2D eigenvalue weighted by molar-refractivity contribution is -0.138. The van der Waals surface area contributed by atoms with Crippen molar-refractivity contribution in [3.05, 3.63) is 155 Å². The number of rotatable bonds is 10. The van der Waals surface area contributed by atoms with Crippen LogP contribution in [-0.4, -0.2) is 23.8 Å². The molecular weight excluding hydrogens is 655 g/mol. The van der Waals surface area contributed by atoms with Gasteiger partial charge in [0, 0.05) is 5.56 Å². The largest absolute Gasteiger partial charge is 0.490 e. The number of ether oxygens (including phenoxy) is 3. The number of fused-ring (bicyclic) bond motifs is 1. The fourth-order valence-electron chi connectivity index (χ4n) is 5.33. The Hall–Kier alpha value is -4.63. The highest BCUT2D eigenvalue weighted by Gasteiger charge is 2.35. The van der Waals surface area contributed by atoms with Crippen LogP contribution in [0.15, 0.2) is 112 Å². The van der Waals surface area contributed by atoms with Crippen LogP contribution >= 0.6 is 34.5 Å². The number of carbonyl (C=O) groups is 1. The summed E-state index contributed by atoms with van der Waals surface area (Å²) in [5.74, 6) is 0.565. The van der Waals surface area contributed by atoms with Crippen molar-refractivity contribution in [2.75, 3.05) is 13.2 Å². The standard InChI is InChI=1S/C37H30Cl2N2O5S/c1-3-44-30-20-23(16-18-29(30)46-22-24-15-17-27(38)28(39)19-24)21-31-35(42)41-34(26-13-9-6-10-14-26)32(36(43)45-4-2)33(40-37(41)47-31)25-11-7-5-8-12-25/h5-21,34H,3-4,22H2,1-2H3/b31-21-/t34-/m1/s1. The molecule has 47 heavy (non-hydrogen) atoms. The number of esters is 1. The Labute approximate surface area is 285 Å². The lowest BCUT2D eigenvalue weighted by atomic mass is 9.93. The Kier molecular flexibility index (Phi) is 9.92. The lowest BCUT2D eigenvalue weighted by Gasteiger charge is -2.25. The van der Waals surface area contributed by atoms with Crippen molar-refractivity contribution in [1.82, 2.24) is 4.57 Å². The minimum absolute atomic E-state index is 0.186. The summed E-state index contributed by atoms with van der Waals surface area (Å²) in [5, 5.41) is 0.929. The zero-order chi connectivity index (χ0) is 32.9. The topological polar surface area (TPSA) is 79.1 Å². The van der Waals surface area contributed by atoms with Crippen LogP contribution in [0.3, 0.4) is 0 Å². The van der Waals surface area contributed by atoms with Crippen LogP contribution < -0.4 is 24.4 Å². The van der Waals surface area contributed by atoms with Gasteiger partial charge in [-0.1, -0.05) is 107 Å². The first-order valence-corrected chi connectivity index (χ1v) is 16.6. The number of hydrogen-bond acceptors (Lipinski definition) is 7. The minimum atomic E-state index is -0.736. The summed E-state index contributed by atoms with van der Waals surface area (Å²) in [6, 6.07) is 29.1. The highest BCUT2D eigenvalue weighted by Crippen LogP contribution is 2.35. The van der Waals surface area contributed by atoms with Gasteiger partial charge >= 0.3 is 5.97 Å². The summed E-state index contributed by atoms with van der Waals surface area (Å²) in [6.45, 7) is 4.52. The molecule has 0 amide bonds. The number of hydrogen-bond donors (Lipinski definition) is 0. The smallest absolute Gasteiger partial charge is 0.338 e. The monoisotopic (exact) mass is 684 g/mol. The van der Waals surface area contributed by atoms with Gasteiger partial charge in [0.15, 0.2) is 16.3 Å². The van der Waals surface area contributed by atoms with Gasteiger partial charge < -0.3 is 14.2 Å². The maximum atomic E-state index is 14.2. The fraction of sp³-hybridized carbons (Fsp3) is 0.162. The molecule has 238 valence electrons. The van der Waals surface area contributed by atoms with Crippen molar-refractivity contribution in [2.24, 2.45) is 4.99 Å². The minimum Gasteiger partial charge on any atom is -0.490 e. The van der Waals surface area contributed by atoms with Gasteiger partial charge in [0.2, 0.25) is 0 Å². The molecule has 5 aromatic rings. The quantitative estimate of drug-likeness (QED) is 0.145. The van der Waals surface area contributed by atoms with Crippen molar-refractivity contribution in [1.29, 1.82) is 0 Å². The number of thiazole rings is 1. The molecule has 6 rings (SSSR count). The summed E-state index contributed by atoms with van der Waals surface area (Å²) in [4.78, 5) is 33.2. The maximum absolute atomic E-state index is 14.2. The summed E-state index contributed by atoms with van der Waals surface area (Å²) in [7, 11) is 0. The van der Waals surface area contributed by atoms with Crippen LogP contribution in [0.2, 0.25) is 10.0 Å². The van der Waals surface area contributed by atoms with E-state index in [1.54, 1.807) is 29.7 Å². The van der Waals surface area contributed by atoms with Gasteiger partial charge in [0.1, 0.15) is 6.61 Å². The second-order valence-electron chi connectivity index (χ2n) is 10.5. The third kappa shape index (κ3) is 6.90. The molecule has 0 unspecified atom stereocenters. The first-order valence-electron chi connectivity index (χ1n) is 15.0. The summed E-state index contributed by atoms with van der Waals surface area (Å²) in [5.41, 5.74) is 3.65. The number of halogens is 2. The molecule has 2 heterocycles.